The zero-order valence-corrected chi connectivity index (χ0v) is 12.6. The van der Waals surface area contributed by atoms with Crippen molar-refractivity contribution in [2.45, 2.75) is 25.3 Å². The first kappa shape index (κ1) is 16.3. The summed E-state index contributed by atoms with van der Waals surface area (Å²) in [5, 5.41) is 3.86. The van der Waals surface area contributed by atoms with Gasteiger partial charge in [-0.05, 0) is 37.6 Å². The number of amides is 1. The number of carbonyl (C=O) groups is 1. The van der Waals surface area contributed by atoms with Crippen molar-refractivity contribution < 1.29 is 4.79 Å². The molecule has 0 aromatic heterocycles. The lowest BCUT2D eigenvalue weighted by molar-refractivity contribution is -0.131. The molecule has 1 heterocycles. The van der Waals surface area contributed by atoms with E-state index in [0.717, 1.165) is 31.5 Å². The third-order valence-electron chi connectivity index (χ3n) is 3.41. The summed E-state index contributed by atoms with van der Waals surface area (Å²) in [6.45, 7) is 1.77. The fourth-order valence-corrected chi connectivity index (χ4v) is 2.62. The Morgan fingerprint density at radius 1 is 1.42 bits per heavy atom. The number of nitrogens with one attached hydrogen (secondary N) is 1. The monoisotopic (exact) mass is 302 g/mol. The molecule has 1 N–H and O–H groups in total. The first-order valence-corrected chi connectivity index (χ1v) is 6.77. The van der Waals surface area contributed by atoms with Gasteiger partial charge < -0.3 is 10.2 Å². The average molecular weight is 303 g/mol. The van der Waals surface area contributed by atoms with Crippen LogP contribution in [0.5, 0.6) is 0 Å². The largest absolute Gasteiger partial charge is 0.338 e. The molecule has 0 saturated carbocycles. The van der Waals surface area contributed by atoms with Crippen LogP contribution in [0.4, 0.5) is 0 Å². The van der Waals surface area contributed by atoms with E-state index in [4.69, 9.17) is 11.6 Å². The topological polar surface area (TPSA) is 32.3 Å². The van der Waals surface area contributed by atoms with Gasteiger partial charge in [0.2, 0.25) is 5.91 Å². The molecule has 106 valence electrons. The van der Waals surface area contributed by atoms with E-state index in [1.54, 1.807) is 0 Å². The minimum Gasteiger partial charge on any atom is -0.338 e. The summed E-state index contributed by atoms with van der Waals surface area (Å²) in [5.74, 6) is 0.218. The Kier molecular flexibility index (Phi) is 6.63. The van der Waals surface area contributed by atoms with E-state index < -0.39 is 0 Å². The molecule has 1 saturated heterocycles. The summed E-state index contributed by atoms with van der Waals surface area (Å²) >= 11 is 5.84. The highest BCUT2D eigenvalue weighted by molar-refractivity contribution is 6.30. The van der Waals surface area contributed by atoms with Gasteiger partial charge in [0.25, 0.3) is 0 Å². The third-order valence-corrected chi connectivity index (χ3v) is 3.66. The summed E-state index contributed by atoms with van der Waals surface area (Å²) in [7, 11) is 1.93. The van der Waals surface area contributed by atoms with Crippen molar-refractivity contribution in [2.24, 2.45) is 0 Å². The predicted octanol–water partition coefficient (Wildman–Crippen LogP) is 2.51. The molecule has 1 aromatic carbocycles. The van der Waals surface area contributed by atoms with Crippen molar-refractivity contribution >= 4 is 29.9 Å². The predicted molar refractivity (Wildman–Crippen MR) is 81.1 cm³/mol. The van der Waals surface area contributed by atoms with Gasteiger partial charge in [-0.2, -0.15) is 0 Å². The normalized spacial score (nSPS) is 18.2. The molecule has 0 spiro atoms. The van der Waals surface area contributed by atoms with E-state index in [2.05, 4.69) is 5.32 Å². The Morgan fingerprint density at radius 2 is 2.11 bits per heavy atom. The first-order valence-electron chi connectivity index (χ1n) is 6.39. The number of carbonyl (C=O) groups excluding carboxylic acids is 1. The molecule has 2 rings (SSSR count). The molecule has 0 radical (unpaired) electrons. The fourth-order valence-electron chi connectivity index (χ4n) is 2.49. The SMILES string of the molecule is CNCC1CCCN1C(=O)Cc1ccc(Cl)cc1.Cl. The van der Waals surface area contributed by atoms with Crippen LogP contribution in [0, 0.1) is 0 Å². The van der Waals surface area contributed by atoms with Gasteiger partial charge in [-0.3, -0.25) is 4.79 Å². The highest BCUT2D eigenvalue weighted by atomic mass is 35.5. The molecule has 1 aliphatic heterocycles. The molecule has 1 atom stereocenters. The zero-order chi connectivity index (χ0) is 13.0. The van der Waals surface area contributed by atoms with Crippen LogP contribution in [0.15, 0.2) is 24.3 Å². The van der Waals surface area contributed by atoms with E-state index in [0.29, 0.717) is 17.5 Å². The molecule has 1 aliphatic rings. The highest BCUT2D eigenvalue weighted by Crippen LogP contribution is 2.18. The Morgan fingerprint density at radius 3 is 2.74 bits per heavy atom. The van der Waals surface area contributed by atoms with Crippen molar-refractivity contribution in [3.8, 4) is 0 Å². The summed E-state index contributed by atoms with van der Waals surface area (Å²) in [5.41, 5.74) is 1.03. The second-order valence-corrected chi connectivity index (χ2v) is 5.18. The molecule has 5 heteroatoms. The molecule has 1 amide bonds. The number of rotatable bonds is 4. The van der Waals surface area contributed by atoms with Gasteiger partial charge in [-0.25, -0.2) is 0 Å². The maximum atomic E-state index is 12.3. The van der Waals surface area contributed by atoms with Crippen LogP contribution < -0.4 is 5.32 Å². The summed E-state index contributed by atoms with van der Waals surface area (Å²) < 4.78 is 0. The summed E-state index contributed by atoms with van der Waals surface area (Å²) in [4.78, 5) is 14.3. The minimum absolute atomic E-state index is 0. The number of benzene rings is 1. The maximum Gasteiger partial charge on any atom is 0.227 e. The van der Waals surface area contributed by atoms with Crippen LogP contribution in [-0.2, 0) is 11.2 Å². The lowest BCUT2D eigenvalue weighted by Crippen LogP contribution is -2.41. The molecular weight excluding hydrogens is 283 g/mol. The van der Waals surface area contributed by atoms with Gasteiger partial charge in [0.1, 0.15) is 0 Å². The highest BCUT2D eigenvalue weighted by Gasteiger charge is 2.27. The Hall–Kier alpha value is -0.770. The zero-order valence-electron chi connectivity index (χ0n) is 11.1. The van der Waals surface area contributed by atoms with E-state index in [-0.39, 0.29) is 18.3 Å². The van der Waals surface area contributed by atoms with Gasteiger partial charge in [0.05, 0.1) is 6.42 Å². The molecule has 0 aliphatic carbocycles. The van der Waals surface area contributed by atoms with Gasteiger partial charge in [-0.1, -0.05) is 23.7 Å². The molecule has 3 nitrogen and oxygen atoms in total. The Labute approximate surface area is 125 Å². The van der Waals surface area contributed by atoms with Crippen molar-refractivity contribution in [1.29, 1.82) is 0 Å². The summed E-state index contributed by atoms with van der Waals surface area (Å²) in [6, 6.07) is 7.86. The minimum atomic E-state index is 0. The standard InChI is InChI=1S/C14H19ClN2O.ClH/c1-16-10-13-3-2-8-17(13)14(18)9-11-4-6-12(15)7-5-11;/h4-7,13,16H,2-3,8-10H2,1H3;1H. The van der Waals surface area contributed by atoms with Crippen molar-refractivity contribution in [2.75, 3.05) is 20.1 Å². The van der Waals surface area contributed by atoms with Crippen LogP contribution in [0.25, 0.3) is 0 Å². The van der Waals surface area contributed by atoms with E-state index >= 15 is 0 Å². The van der Waals surface area contributed by atoms with E-state index in [1.165, 1.54) is 0 Å². The van der Waals surface area contributed by atoms with Gasteiger partial charge in [-0.15, -0.1) is 12.4 Å². The lowest BCUT2D eigenvalue weighted by Gasteiger charge is -2.24. The number of hydrogen-bond donors (Lipinski definition) is 1. The van der Waals surface area contributed by atoms with Gasteiger partial charge in [0, 0.05) is 24.2 Å². The van der Waals surface area contributed by atoms with Crippen LogP contribution in [0.3, 0.4) is 0 Å². The molecule has 1 aromatic rings. The quantitative estimate of drug-likeness (QED) is 0.927. The molecule has 0 bridgehead atoms. The second kappa shape index (κ2) is 7.73. The smallest absolute Gasteiger partial charge is 0.227 e. The average Bonchev–Trinajstić information content (AvgIpc) is 2.81. The van der Waals surface area contributed by atoms with Crippen molar-refractivity contribution in [3.63, 3.8) is 0 Å². The number of hydrogen-bond acceptors (Lipinski definition) is 2. The van der Waals surface area contributed by atoms with Crippen molar-refractivity contribution in [3.05, 3.63) is 34.9 Å². The summed E-state index contributed by atoms with van der Waals surface area (Å²) in [6.07, 6.45) is 2.68. The van der Waals surface area contributed by atoms with Gasteiger partial charge >= 0.3 is 0 Å². The van der Waals surface area contributed by atoms with Crippen LogP contribution in [-0.4, -0.2) is 37.0 Å². The molecule has 1 fully saturated rings. The van der Waals surface area contributed by atoms with Gasteiger partial charge in [0.15, 0.2) is 0 Å². The van der Waals surface area contributed by atoms with Crippen LogP contribution >= 0.6 is 24.0 Å². The van der Waals surface area contributed by atoms with E-state index in [1.807, 2.05) is 36.2 Å². The number of likely N-dealkylation sites (tertiary alicyclic amines) is 1. The second-order valence-electron chi connectivity index (χ2n) is 4.74. The first-order chi connectivity index (χ1) is 8.70. The lowest BCUT2D eigenvalue weighted by atomic mass is 10.1. The molecule has 19 heavy (non-hydrogen) atoms. The van der Waals surface area contributed by atoms with Crippen LogP contribution in [0.2, 0.25) is 5.02 Å². The fraction of sp³-hybridized carbons (Fsp3) is 0.500. The number of likely N-dealkylation sites (N-methyl/N-ethyl adjacent to an activating group) is 1. The van der Waals surface area contributed by atoms with Crippen molar-refractivity contribution in [1.82, 2.24) is 10.2 Å². The van der Waals surface area contributed by atoms with Crippen LogP contribution in [0.1, 0.15) is 18.4 Å². The third kappa shape index (κ3) is 4.37. The number of nitrogens with zero attached hydrogens (tertiary/aromatic N) is 1. The maximum absolute atomic E-state index is 12.3. The number of halogens is 2. The molecule has 1 unspecified atom stereocenters. The van der Waals surface area contributed by atoms with E-state index in [9.17, 15) is 4.79 Å². The molecular formula is C14H20Cl2N2O. The Bertz CT molecular complexity index is 408. The Balaban J connectivity index is 0.00000180.